The van der Waals surface area contributed by atoms with Gasteiger partial charge in [0.05, 0.1) is 12.6 Å². The van der Waals surface area contributed by atoms with Gasteiger partial charge in [0, 0.05) is 6.04 Å². The summed E-state index contributed by atoms with van der Waals surface area (Å²) in [7, 11) is 0. The molecule has 0 heterocycles. The van der Waals surface area contributed by atoms with Gasteiger partial charge < -0.3 is 14.7 Å². The first-order chi connectivity index (χ1) is 15.9. The summed E-state index contributed by atoms with van der Waals surface area (Å²) in [5.74, 6) is -0.459. The lowest BCUT2D eigenvalue weighted by Crippen LogP contribution is -2.54. The first-order valence-corrected chi connectivity index (χ1v) is 12.4. The molecule has 8 heteroatoms. The number of aryl methyl sites for hydroxylation is 1. The van der Waals surface area contributed by atoms with Crippen LogP contribution >= 0.6 is 12.4 Å². The third-order valence-corrected chi connectivity index (χ3v) is 7.20. The maximum absolute atomic E-state index is 13.4. The van der Waals surface area contributed by atoms with Crippen molar-refractivity contribution in [3.05, 3.63) is 35.9 Å². The Labute approximate surface area is 209 Å². The fourth-order valence-electron chi connectivity index (χ4n) is 5.58. The molecule has 34 heavy (non-hydrogen) atoms. The first kappa shape index (κ1) is 28.1. The van der Waals surface area contributed by atoms with Crippen LogP contribution in [0.2, 0.25) is 0 Å². The second-order valence-electron chi connectivity index (χ2n) is 9.51. The highest BCUT2D eigenvalue weighted by Gasteiger charge is 2.41. The van der Waals surface area contributed by atoms with Gasteiger partial charge in [0.2, 0.25) is 5.91 Å². The molecule has 2 saturated carbocycles. The highest BCUT2D eigenvalue weighted by Crippen LogP contribution is 2.44. The molecule has 1 aromatic carbocycles. The van der Waals surface area contributed by atoms with Crippen LogP contribution in [-0.4, -0.2) is 59.1 Å². The number of aliphatic carboxylic acids is 1. The number of fused-ring (bicyclic) bond motifs is 1. The van der Waals surface area contributed by atoms with E-state index in [0.29, 0.717) is 24.7 Å². The van der Waals surface area contributed by atoms with Crippen molar-refractivity contribution in [2.45, 2.75) is 83.3 Å². The van der Waals surface area contributed by atoms with Crippen LogP contribution < -0.4 is 5.32 Å². The second kappa shape index (κ2) is 13.7. The number of rotatable bonds is 11. The SMILES string of the molecule is CCOC(=O)[C@H](CCc1ccccc1)N[C@@H](C)C(=O)N(CC(=O)O)C1C[C@H]2CCCC[C@H]2C1.Cl. The predicted molar refractivity (Wildman–Crippen MR) is 133 cm³/mol. The van der Waals surface area contributed by atoms with Gasteiger partial charge in [-0.25, -0.2) is 0 Å². The fraction of sp³-hybridized carbons (Fsp3) is 0.654. The maximum Gasteiger partial charge on any atom is 0.323 e. The van der Waals surface area contributed by atoms with Crippen LogP contribution in [0.4, 0.5) is 0 Å². The molecular weight excluding hydrogens is 456 g/mol. The van der Waals surface area contributed by atoms with Crippen molar-refractivity contribution in [1.82, 2.24) is 10.2 Å². The van der Waals surface area contributed by atoms with Gasteiger partial charge in [-0.05, 0) is 56.9 Å². The molecule has 2 fully saturated rings. The zero-order chi connectivity index (χ0) is 23.8. The molecule has 2 aliphatic carbocycles. The van der Waals surface area contributed by atoms with Crippen LogP contribution in [0.25, 0.3) is 0 Å². The summed E-state index contributed by atoms with van der Waals surface area (Å²) >= 11 is 0. The van der Waals surface area contributed by atoms with Gasteiger partial charge >= 0.3 is 11.9 Å². The van der Waals surface area contributed by atoms with Gasteiger partial charge in [-0.1, -0.05) is 56.0 Å². The lowest BCUT2D eigenvalue weighted by Gasteiger charge is -2.32. The summed E-state index contributed by atoms with van der Waals surface area (Å²) < 4.78 is 5.24. The Morgan fingerprint density at radius 1 is 1.12 bits per heavy atom. The summed E-state index contributed by atoms with van der Waals surface area (Å²) in [4.78, 5) is 39.1. The lowest BCUT2D eigenvalue weighted by atomic mass is 9.82. The van der Waals surface area contributed by atoms with Crippen molar-refractivity contribution in [2.24, 2.45) is 11.8 Å². The Balaban J connectivity index is 0.00000408. The minimum Gasteiger partial charge on any atom is -0.480 e. The molecule has 5 atom stereocenters. The predicted octanol–water partition coefficient (Wildman–Crippen LogP) is 3.83. The zero-order valence-electron chi connectivity index (χ0n) is 20.3. The van der Waals surface area contributed by atoms with E-state index in [1.807, 2.05) is 30.3 Å². The number of halogens is 1. The van der Waals surface area contributed by atoms with Crippen molar-refractivity contribution < 1.29 is 24.2 Å². The maximum atomic E-state index is 13.4. The van der Waals surface area contributed by atoms with Crippen LogP contribution in [0.1, 0.15) is 64.4 Å². The molecule has 7 nitrogen and oxygen atoms in total. The molecule has 190 valence electrons. The molecule has 1 unspecified atom stereocenters. The average Bonchev–Trinajstić information content (AvgIpc) is 3.24. The van der Waals surface area contributed by atoms with Crippen LogP contribution in [0, 0.1) is 11.8 Å². The van der Waals surface area contributed by atoms with Gasteiger partial charge in [-0.3, -0.25) is 19.7 Å². The number of nitrogens with one attached hydrogen (secondary N) is 1. The molecule has 1 aromatic rings. The van der Waals surface area contributed by atoms with Crippen molar-refractivity contribution >= 4 is 30.3 Å². The van der Waals surface area contributed by atoms with Crippen molar-refractivity contribution in [1.29, 1.82) is 0 Å². The Hall–Kier alpha value is -2.12. The molecule has 2 N–H and O–H groups in total. The topological polar surface area (TPSA) is 95.9 Å². The van der Waals surface area contributed by atoms with E-state index in [0.717, 1.165) is 18.4 Å². The number of carboxylic acid groups (broad SMARTS) is 1. The van der Waals surface area contributed by atoms with Crippen LogP contribution in [0.5, 0.6) is 0 Å². The highest BCUT2D eigenvalue weighted by atomic mass is 35.5. The van der Waals surface area contributed by atoms with Crippen LogP contribution in [-0.2, 0) is 25.5 Å². The van der Waals surface area contributed by atoms with Crippen LogP contribution in [0.15, 0.2) is 30.3 Å². The summed E-state index contributed by atoms with van der Waals surface area (Å²) in [5.41, 5.74) is 1.11. The molecule has 0 spiro atoms. The van der Waals surface area contributed by atoms with E-state index in [-0.39, 0.29) is 43.5 Å². The molecular formula is C26H39ClN2O5. The van der Waals surface area contributed by atoms with E-state index in [1.54, 1.807) is 13.8 Å². The summed E-state index contributed by atoms with van der Waals surface area (Å²) in [6, 6.07) is 8.50. The second-order valence-corrected chi connectivity index (χ2v) is 9.51. The molecule has 1 amide bonds. The number of esters is 1. The number of carbonyl (C=O) groups excluding carboxylic acids is 2. The standard InChI is InChI=1S/C26H38N2O5.ClH/c1-3-33-26(32)23(14-13-19-9-5-4-6-10-19)27-18(2)25(31)28(17-24(29)30)22-15-20-11-7-8-12-21(20)16-22;/h4-6,9-10,18,20-23,27H,3,7-8,11-17H2,1-2H3,(H,29,30);1H/t18-,20-,21+,22?,23-;/m0./s1. The Morgan fingerprint density at radius 3 is 2.29 bits per heavy atom. The van der Waals surface area contributed by atoms with E-state index in [2.05, 4.69) is 5.32 Å². The number of carboxylic acids is 1. The number of hydrogen-bond acceptors (Lipinski definition) is 5. The molecule has 2 aliphatic rings. The molecule has 0 radical (unpaired) electrons. The van der Waals surface area contributed by atoms with Crippen molar-refractivity contribution in [2.75, 3.05) is 13.2 Å². The largest absolute Gasteiger partial charge is 0.480 e. The van der Waals surface area contributed by atoms with Gasteiger partial charge in [0.25, 0.3) is 0 Å². The Morgan fingerprint density at radius 2 is 1.74 bits per heavy atom. The lowest BCUT2D eigenvalue weighted by molar-refractivity contribution is -0.149. The minimum atomic E-state index is -1.00. The van der Waals surface area contributed by atoms with Crippen molar-refractivity contribution in [3.8, 4) is 0 Å². The summed E-state index contributed by atoms with van der Waals surface area (Å²) in [5, 5.41) is 12.6. The first-order valence-electron chi connectivity index (χ1n) is 12.4. The van der Waals surface area contributed by atoms with Crippen molar-refractivity contribution in [3.63, 3.8) is 0 Å². The Kier molecular flexibility index (Phi) is 11.3. The highest BCUT2D eigenvalue weighted by molar-refractivity contribution is 5.86. The smallest absolute Gasteiger partial charge is 0.323 e. The normalized spacial score (nSPS) is 23.2. The molecule has 0 saturated heterocycles. The van der Waals surface area contributed by atoms with Crippen LogP contribution in [0.3, 0.4) is 0 Å². The minimum absolute atomic E-state index is 0. The third-order valence-electron chi connectivity index (χ3n) is 7.20. The number of amides is 1. The number of benzene rings is 1. The van der Waals surface area contributed by atoms with E-state index in [9.17, 15) is 19.5 Å². The fourth-order valence-corrected chi connectivity index (χ4v) is 5.58. The average molecular weight is 495 g/mol. The summed E-state index contributed by atoms with van der Waals surface area (Å²) in [6.45, 7) is 3.44. The number of nitrogens with zero attached hydrogens (tertiary/aromatic N) is 1. The number of carbonyl (C=O) groups is 3. The molecule has 0 aromatic heterocycles. The van der Waals surface area contributed by atoms with E-state index >= 15 is 0 Å². The Bertz CT molecular complexity index is 792. The summed E-state index contributed by atoms with van der Waals surface area (Å²) in [6.07, 6.45) is 7.72. The van der Waals surface area contributed by atoms with Gasteiger partial charge in [-0.2, -0.15) is 0 Å². The molecule has 3 rings (SSSR count). The van der Waals surface area contributed by atoms with Gasteiger partial charge in [0.1, 0.15) is 12.6 Å². The zero-order valence-corrected chi connectivity index (χ0v) is 21.1. The van der Waals surface area contributed by atoms with Gasteiger partial charge in [0.15, 0.2) is 0 Å². The number of hydrogen-bond donors (Lipinski definition) is 2. The van der Waals surface area contributed by atoms with Gasteiger partial charge in [-0.15, -0.1) is 12.4 Å². The molecule has 0 aliphatic heterocycles. The molecule has 0 bridgehead atoms. The van der Waals surface area contributed by atoms with E-state index < -0.39 is 18.1 Å². The monoisotopic (exact) mass is 494 g/mol. The van der Waals surface area contributed by atoms with E-state index in [4.69, 9.17) is 4.74 Å². The van der Waals surface area contributed by atoms with E-state index in [1.165, 1.54) is 30.6 Å². The quantitative estimate of drug-likeness (QED) is 0.454. The number of ether oxygens (including phenoxy) is 1. The third kappa shape index (κ3) is 7.70.